The fourth-order valence-corrected chi connectivity index (χ4v) is 3.81. The van der Waals surface area contributed by atoms with Gasteiger partial charge in [0.2, 0.25) is 15.9 Å². The number of aryl methyl sites for hydroxylation is 1. The summed E-state index contributed by atoms with van der Waals surface area (Å²) in [5, 5.41) is 12.1. The lowest BCUT2D eigenvalue weighted by Gasteiger charge is -2.31. The summed E-state index contributed by atoms with van der Waals surface area (Å²) in [6.45, 7) is 2.65. The van der Waals surface area contributed by atoms with E-state index in [1.807, 2.05) is 6.07 Å². The topological polar surface area (TPSA) is 116 Å². The highest BCUT2D eigenvalue weighted by Gasteiger charge is 2.33. The number of sulfonamides is 1. The SMILES string of the molecule is Cc1ccc(S(=O)(=O)N2CCNCC2C#N)cc1C(N)=O. The summed E-state index contributed by atoms with van der Waals surface area (Å²) in [5.41, 5.74) is 6.03. The van der Waals surface area contributed by atoms with E-state index in [0.717, 1.165) is 4.31 Å². The molecule has 1 heterocycles. The van der Waals surface area contributed by atoms with Crippen LogP contribution in [0.3, 0.4) is 0 Å². The standard InChI is InChI=1S/C13H16N4O3S/c1-9-2-3-11(6-12(9)13(15)18)21(19,20)17-5-4-16-8-10(17)7-14/h2-3,6,10,16H,4-5,8H2,1H3,(H2,15,18). The Kier molecular flexibility index (Phi) is 4.27. The first-order valence-corrected chi connectivity index (χ1v) is 7.84. The van der Waals surface area contributed by atoms with Crippen molar-refractivity contribution in [3.63, 3.8) is 0 Å². The van der Waals surface area contributed by atoms with E-state index in [0.29, 0.717) is 12.1 Å². The lowest BCUT2D eigenvalue weighted by Crippen LogP contribution is -2.52. The predicted molar refractivity (Wildman–Crippen MR) is 75.9 cm³/mol. The molecular weight excluding hydrogens is 292 g/mol. The molecule has 1 saturated heterocycles. The van der Waals surface area contributed by atoms with E-state index in [2.05, 4.69) is 5.32 Å². The molecule has 1 fully saturated rings. The van der Waals surface area contributed by atoms with E-state index in [4.69, 9.17) is 11.0 Å². The first-order valence-electron chi connectivity index (χ1n) is 6.40. The molecule has 8 heteroatoms. The van der Waals surface area contributed by atoms with Crippen LogP contribution in [0.1, 0.15) is 15.9 Å². The normalized spacial score (nSPS) is 19.9. The van der Waals surface area contributed by atoms with Gasteiger partial charge in [0.25, 0.3) is 0 Å². The molecule has 1 atom stereocenters. The molecule has 7 nitrogen and oxygen atoms in total. The van der Waals surface area contributed by atoms with Gasteiger partial charge in [-0.2, -0.15) is 9.57 Å². The van der Waals surface area contributed by atoms with Crippen LogP contribution in [0.4, 0.5) is 0 Å². The van der Waals surface area contributed by atoms with Crippen LogP contribution >= 0.6 is 0 Å². The summed E-state index contributed by atoms with van der Waals surface area (Å²) in [6, 6.07) is 5.44. The van der Waals surface area contributed by atoms with Gasteiger partial charge in [-0.25, -0.2) is 8.42 Å². The van der Waals surface area contributed by atoms with Gasteiger partial charge in [0.05, 0.1) is 11.0 Å². The lowest BCUT2D eigenvalue weighted by atomic mass is 10.1. The zero-order chi connectivity index (χ0) is 15.6. The summed E-state index contributed by atoms with van der Waals surface area (Å²) < 4.78 is 26.4. The number of amides is 1. The minimum Gasteiger partial charge on any atom is -0.366 e. The number of hydrogen-bond donors (Lipinski definition) is 2. The molecule has 0 aromatic heterocycles. The fourth-order valence-electron chi connectivity index (χ4n) is 2.25. The van der Waals surface area contributed by atoms with E-state index >= 15 is 0 Å². The van der Waals surface area contributed by atoms with Crippen molar-refractivity contribution in [2.24, 2.45) is 5.73 Å². The molecular formula is C13H16N4O3S. The van der Waals surface area contributed by atoms with Crippen molar-refractivity contribution in [2.45, 2.75) is 17.9 Å². The molecule has 1 aromatic carbocycles. The van der Waals surface area contributed by atoms with Crippen LogP contribution in [0.5, 0.6) is 0 Å². The first kappa shape index (κ1) is 15.4. The molecule has 0 bridgehead atoms. The number of nitrogens with one attached hydrogen (secondary N) is 1. The van der Waals surface area contributed by atoms with Crippen molar-refractivity contribution in [2.75, 3.05) is 19.6 Å². The number of hydrogen-bond acceptors (Lipinski definition) is 5. The van der Waals surface area contributed by atoms with Crippen LogP contribution < -0.4 is 11.1 Å². The van der Waals surface area contributed by atoms with Gasteiger partial charge in [0.15, 0.2) is 0 Å². The maximum atomic E-state index is 12.6. The number of carbonyl (C=O) groups excluding carboxylic acids is 1. The smallest absolute Gasteiger partial charge is 0.249 e. The summed E-state index contributed by atoms with van der Waals surface area (Å²) >= 11 is 0. The minimum atomic E-state index is -3.83. The number of benzene rings is 1. The minimum absolute atomic E-state index is 0.0240. The van der Waals surface area contributed by atoms with E-state index in [-0.39, 0.29) is 23.5 Å². The molecule has 2 rings (SSSR count). The molecule has 0 saturated carbocycles. The van der Waals surface area contributed by atoms with Gasteiger partial charge in [-0.1, -0.05) is 6.07 Å². The van der Waals surface area contributed by atoms with Crippen molar-refractivity contribution in [3.05, 3.63) is 29.3 Å². The average Bonchev–Trinajstić information content (AvgIpc) is 2.47. The Labute approximate surface area is 123 Å². The second-order valence-corrected chi connectivity index (χ2v) is 6.70. The van der Waals surface area contributed by atoms with Crippen LogP contribution in [-0.4, -0.2) is 44.3 Å². The zero-order valence-electron chi connectivity index (χ0n) is 11.5. The molecule has 1 unspecified atom stereocenters. The summed E-state index contributed by atoms with van der Waals surface area (Å²) in [5.74, 6) is -0.679. The van der Waals surface area contributed by atoms with Crippen molar-refractivity contribution >= 4 is 15.9 Å². The highest BCUT2D eigenvalue weighted by Crippen LogP contribution is 2.21. The van der Waals surface area contributed by atoms with Gasteiger partial charge in [0, 0.05) is 25.2 Å². The largest absolute Gasteiger partial charge is 0.366 e. The number of nitrogens with zero attached hydrogens (tertiary/aromatic N) is 2. The molecule has 1 amide bonds. The van der Waals surface area contributed by atoms with Gasteiger partial charge < -0.3 is 11.1 Å². The Morgan fingerprint density at radius 2 is 2.24 bits per heavy atom. The second kappa shape index (κ2) is 5.81. The van der Waals surface area contributed by atoms with Crippen LogP contribution in [-0.2, 0) is 10.0 Å². The summed E-state index contributed by atoms with van der Waals surface area (Å²) in [7, 11) is -3.83. The van der Waals surface area contributed by atoms with E-state index in [9.17, 15) is 13.2 Å². The van der Waals surface area contributed by atoms with Gasteiger partial charge >= 0.3 is 0 Å². The Balaban J connectivity index is 2.47. The second-order valence-electron chi connectivity index (χ2n) is 4.81. The Morgan fingerprint density at radius 1 is 1.52 bits per heavy atom. The van der Waals surface area contributed by atoms with Crippen LogP contribution in [0, 0.1) is 18.3 Å². The predicted octanol–water partition coefficient (Wildman–Crippen LogP) is -0.420. The molecule has 1 aliphatic rings. The number of piperazine rings is 1. The van der Waals surface area contributed by atoms with Crippen molar-refractivity contribution in [3.8, 4) is 6.07 Å². The molecule has 112 valence electrons. The van der Waals surface area contributed by atoms with Gasteiger partial charge in [-0.3, -0.25) is 4.79 Å². The molecule has 1 aromatic rings. The third-order valence-electron chi connectivity index (χ3n) is 3.42. The van der Waals surface area contributed by atoms with Crippen LogP contribution in [0.2, 0.25) is 0 Å². The maximum Gasteiger partial charge on any atom is 0.249 e. The van der Waals surface area contributed by atoms with E-state index < -0.39 is 22.0 Å². The molecule has 1 aliphatic heterocycles. The number of rotatable bonds is 3. The summed E-state index contributed by atoms with van der Waals surface area (Å²) in [4.78, 5) is 11.3. The van der Waals surface area contributed by atoms with Crippen LogP contribution in [0.25, 0.3) is 0 Å². The van der Waals surface area contributed by atoms with Crippen molar-refractivity contribution in [1.82, 2.24) is 9.62 Å². The van der Waals surface area contributed by atoms with E-state index in [1.54, 1.807) is 6.92 Å². The third-order valence-corrected chi connectivity index (χ3v) is 5.33. The highest BCUT2D eigenvalue weighted by atomic mass is 32.2. The number of nitrogens with two attached hydrogens (primary N) is 1. The lowest BCUT2D eigenvalue weighted by molar-refractivity contribution is 0.0999. The first-order chi connectivity index (χ1) is 9.87. The van der Waals surface area contributed by atoms with Crippen molar-refractivity contribution in [1.29, 1.82) is 5.26 Å². The quantitative estimate of drug-likeness (QED) is 0.786. The number of carbonyl (C=O) groups is 1. The molecule has 3 N–H and O–H groups in total. The maximum absolute atomic E-state index is 12.6. The van der Waals surface area contributed by atoms with Gasteiger partial charge in [-0.05, 0) is 24.6 Å². The van der Waals surface area contributed by atoms with Gasteiger partial charge in [-0.15, -0.1) is 0 Å². The highest BCUT2D eigenvalue weighted by molar-refractivity contribution is 7.89. The molecule has 0 aliphatic carbocycles. The molecule has 21 heavy (non-hydrogen) atoms. The fraction of sp³-hybridized carbons (Fsp3) is 0.385. The number of nitriles is 1. The molecule has 0 spiro atoms. The Hall–Kier alpha value is -1.95. The molecule has 0 radical (unpaired) electrons. The Morgan fingerprint density at radius 3 is 2.86 bits per heavy atom. The third kappa shape index (κ3) is 2.90. The zero-order valence-corrected chi connectivity index (χ0v) is 12.4. The van der Waals surface area contributed by atoms with Crippen molar-refractivity contribution < 1.29 is 13.2 Å². The Bertz CT molecular complexity index is 709. The monoisotopic (exact) mass is 308 g/mol. The number of primary amides is 1. The summed E-state index contributed by atoms with van der Waals surface area (Å²) in [6.07, 6.45) is 0. The average molecular weight is 308 g/mol. The van der Waals surface area contributed by atoms with Gasteiger partial charge in [0.1, 0.15) is 6.04 Å². The van der Waals surface area contributed by atoms with E-state index in [1.165, 1.54) is 18.2 Å². The van der Waals surface area contributed by atoms with Crippen LogP contribution in [0.15, 0.2) is 23.1 Å².